The van der Waals surface area contributed by atoms with E-state index in [9.17, 15) is 0 Å². The number of hydrogen-bond acceptors (Lipinski definition) is 3. The van der Waals surface area contributed by atoms with E-state index in [1.807, 2.05) is 0 Å². The molecule has 4 heteroatoms. The molecule has 11 heavy (non-hydrogen) atoms. The summed E-state index contributed by atoms with van der Waals surface area (Å²) in [5, 5.41) is 0.974. The minimum Gasteiger partial charge on any atom is -0.330 e. The SMILES string of the molecule is C=C(CCN)c1ncc(Br)s1. The molecular weight excluding hydrogens is 224 g/mol. The van der Waals surface area contributed by atoms with Gasteiger partial charge in [0.25, 0.3) is 0 Å². The standard InChI is InChI=1S/C7H9BrN2S/c1-5(2-3-9)7-10-4-6(8)11-7/h4H,1-3,9H2. The molecule has 0 amide bonds. The minimum atomic E-state index is 0.635. The van der Waals surface area contributed by atoms with Crippen molar-refractivity contribution in [3.63, 3.8) is 0 Å². The van der Waals surface area contributed by atoms with E-state index in [0.29, 0.717) is 6.54 Å². The third-order valence-corrected chi connectivity index (χ3v) is 2.80. The summed E-state index contributed by atoms with van der Waals surface area (Å²) in [7, 11) is 0. The molecule has 0 spiro atoms. The fraction of sp³-hybridized carbons (Fsp3) is 0.286. The van der Waals surface area contributed by atoms with Crippen molar-refractivity contribution in [1.82, 2.24) is 4.98 Å². The molecule has 0 aromatic carbocycles. The number of nitrogens with zero attached hydrogens (tertiary/aromatic N) is 1. The first kappa shape index (κ1) is 8.90. The fourth-order valence-electron chi connectivity index (χ4n) is 0.699. The lowest BCUT2D eigenvalue weighted by molar-refractivity contribution is 1.02. The van der Waals surface area contributed by atoms with Gasteiger partial charge in [0.2, 0.25) is 0 Å². The van der Waals surface area contributed by atoms with Crippen LogP contribution in [0.2, 0.25) is 0 Å². The van der Waals surface area contributed by atoms with Gasteiger partial charge in [0.05, 0.1) is 9.98 Å². The Kier molecular flexibility index (Phi) is 3.23. The number of rotatable bonds is 3. The quantitative estimate of drug-likeness (QED) is 0.869. The maximum Gasteiger partial charge on any atom is 0.119 e. The summed E-state index contributed by atoms with van der Waals surface area (Å²) in [5.41, 5.74) is 6.39. The van der Waals surface area contributed by atoms with Crippen molar-refractivity contribution in [3.8, 4) is 0 Å². The van der Waals surface area contributed by atoms with Gasteiger partial charge >= 0.3 is 0 Å². The molecule has 0 fully saturated rings. The highest BCUT2D eigenvalue weighted by Crippen LogP contribution is 2.25. The van der Waals surface area contributed by atoms with Crippen LogP contribution in [0.4, 0.5) is 0 Å². The fourth-order valence-corrected chi connectivity index (χ4v) is 1.90. The highest BCUT2D eigenvalue weighted by atomic mass is 79.9. The Morgan fingerprint density at radius 2 is 2.55 bits per heavy atom. The Labute approximate surface area is 78.3 Å². The molecule has 2 nitrogen and oxygen atoms in total. The van der Waals surface area contributed by atoms with E-state index in [2.05, 4.69) is 27.5 Å². The van der Waals surface area contributed by atoms with E-state index in [4.69, 9.17) is 5.73 Å². The second kappa shape index (κ2) is 3.99. The molecule has 0 unspecified atom stereocenters. The zero-order chi connectivity index (χ0) is 8.27. The summed E-state index contributed by atoms with van der Waals surface area (Å²) in [6, 6.07) is 0. The Balaban J connectivity index is 2.69. The predicted octanol–water partition coefficient (Wildman–Crippen LogP) is 2.27. The van der Waals surface area contributed by atoms with Crippen LogP contribution in [0.1, 0.15) is 11.4 Å². The summed E-state index contributed by atoms with van der Waals surface area (Å²) < 4.78 is 1.03. The molecule has 1 aromatic rings. The van der Waals surface area contributed by atoms with Crippen molar-refractivity contribution in [3.05, 3.63) is 21.6 Å². The van der Waals surface area contributed by atoms with E-state index in [-0.39, 0.29) is 0 Å². The largest absolute Gasteiger partial charge is 0.330 e. The first-order chi connectivity index (χ1) is 5.24. The second-order valence-electron chi connectivity index (χ2n) is 2.11. The van der Waals surface area contributed by atoms with Crippen molar-refractivity contribution in [2.45, 2.75) is 6.42 Å². The van der Waals surface area contributed by atoms with Gasteiger partial charge in [-0.2, -0.15) is 0 Å². The van der Waals surface area contributed by atoms with E-state index in [1.54, 1.807) is 17.5 Å². The predicted molar refractivity (Wildman–Crippen MR) is 52.5 cm³/mol. The minimum absolute atomic E-state index is 0.635. The first-order valence-electron chi connectivity index (χ1n) is 3.23. The molecule has 1 aromatic heterocycles. The highest BCUT2D eigenvalue weighted by molar-refractivity contribution is 9.11. The van der Waals surface area contributed by atoms with Crippen LogP contribution in [0.15, 0.2) is 16.6 Å². The third kappa shape index (κ3) is 2.39. The van der Waals surface area contributed by atoms with Gasteiger partial charge in [0.15, 0.2) is 0 Å². The van der Waals surface area contributed by atoms with Crippen molar-refractivity contribution in [2.24, 2.45) is 5.73 Å². The lowest BCUT2D eigenvalue weighted by Crippen LogP contribution is -1.98. The summed E-state index contributed by atoms with van der Waals surface area (Å²) >= 11 is 4.92. The van der Waals surface area contributed by atoms with E-state index in [1.165, 1.54) is 0 Å². The summed E-state index contributed by atoms with van der Waals surface area (Å²) in [6.45, 7) is 4.51. The average molecular weight is 233 g/mol. The van der Waals surface area contributed by atoms with Crippen LogP contribution < -0.4 is 5.73 Å². The van der Waals surface area contributed by atoms with Crippen LogP contribution in [0.25, 0.3) is 5.57 Å². The van der Waals surface area contributed by atoms with Crippen molar-refractivity contribution in [1.29, 1.82) is 0 Å². The molecule has 1 heterocycles. The van der Waals surface area contributed by atoms with Crippen LogP contribution in [-0.2, 0) is 0 Å². The Morgan fingerprint density at radius 3 is 3.00 bits per heavy atom. The molecule has 1 rings (SSSR count). The van der Waals surface area contributed by atoms with Crippen LogP contribution >= 0.6 is 27.3 Å². The second-order valence-corrected chi connectivity index (χ2v) is 4.52. The van der Waals surface area contributed by atoms with Crippen molar-refractivity contribution < 1.29 is 0 Å². The third-order valence-electron chi connectivity index (χ3n) is 1.23. The molecule has 0 saturated carbocycles. The van der Waals surface area contributed by atoms with Crippen LogP contribution in [0.3, 0.4) is 0 Å². The number of nitrogens with two attached hydrogens (primary N) is 1. The van der Waals surface area contributed by atoms with Crippen molar-refractivity contribution in [2.75, 3.05) is 6.54 Å². The van der Waals surface area contributed by atoms with E-state index < -0.39 is 0 Å². The molecule has 0 aliphatic rings. The first-order valence-corrected chi connectivity index (χ1v) is 4.84. The molecule has 0 aliphatic heterocycles. The molecule has 0 aliphatic carbocycles. The highest BCUT2D eigenvalue weighted by Gasteiger charge is 2.02. The topological polar surface area (TPSA) is 38.9 Å². The molecule has 0 saturated heterocycles. The van der Waals surface area contributed by atoms with Gasteiger partial charge < -0.3 is 5.73 Å². The Morgan fingerprint density at radius 1 is 1.82 bits per heavy atom. The number of halogens is 1. The normalized spacial score (nSPS) is 10.0. The maximum absolute atomic E-state index is 5.38. The number of thiazole rings is 1. The van der Waals surface area contributed by atoms with Gasteiger partial charge in [-0.1, -0.05) is 6.58 Å². The van der Waals surface area contributed by atoms with Gasteiger partial charge in [0.1, 0.15) is 5.01 Å². The molecule has 0 radical (unpaired) electrons. The van der Waals surface area contributed by atoms with Gasteiger partial charge in [-0.15, -0.1) is 11.3 Å². The zero-order valence-electron chi connectivity index (χ0n) is 6.01. The van der Waals surface area contributed by atoms with E-state index >= 15 is 0 Å². The molecular formula is C7H9BrN2S. The number of hydrogen-bond donors (Lipinski definition) is 1. The van der Waals surface area contributed by atoms with Gasteiger partial charge in [-0.05, 0) is 34.5 Å². The van der Waals surface area contributed by atoms with Gasteiger partial charge in [0, 0.05) is 0 Å². The van der Waals surface area contributed by atoms with Crippen molar-refractivity contribution >= 4 is 32.8 Å². The molecule has 2 N–H and O–H groups in total. The Hall–Kier alpha value is -0.190. The van der Waals surface area contributed by atoms with Crippen LogP contribution in [0, 0.1) is 0 Å². The number of aromatic nitrogens is 1. The summed E-state index contributed by atoms with van der Waals surface area (Å²) in [4.78, 5) is 4.15. The Bertz CT molecular complexity index is 257. The molecule has 60 valence electrons. The zero-order valence-corrected chi connectivity index (χ0v) is 8.41. The maximum atomic E-state index is 5.38. The smallest absolute Gasteiger partial charge is 0.119 e. The van der Waals surface area contributed by atoms with Gasteiger partial charge in [-0.25, -0.2) is 4.98 Å². The summed E-state index contributed by atoms with van der Waals surface area (Å²) in [6.07, 6.45) is 2.60. The molecule has 0 atom stereocenters. The summed E-state index contributed by atoms with van der Waals surface area (Å²) in [5.74, 6) is 0. The van der Waals surface area contributed by atoms with E-state index in [0.717, 1.165) is 20.8 Å². The lowest BCUT2D eigenvalue weighted by Gasteiger charge is -1.96. The van der Waals surface area contributed by atoms with Crippen LogP contribution in [0.5, 0.6) is 0 Å². The van der Waals surface area contributed by atoms with Gasteiger partial charge in [-0.3, -0.25) is 0 Å². The molecule has 0 bridgehead atoms. The van der Waals surface area contributed by atoms with Crippen LogP contribution in [-0.4, -0.2) is 11.5 Å². The lowest BCUT2D eigenvalue weighted by atomic mass is 10.2. The average Bonchev–Trinajstić information content (AvgIpc) is 2.36. The monoisotopic (exact) mass is 232 g/mol.